The van der Waals surface area contributed by atoms with Crippen molar-refractivity contribution in [1.29, 1.82) is 0 Å². The highest BCUT2D eigenvalue weighted by Crippen LogP contribution is 2.43. The van der Waals surface area contributed by atoms with Gasteiger partial charge >= 0.3 is 0 Å². The summed E-state index contributed by atoms with van der Waals surface area (Å²) in [7, 11) is 0. The van der Waals surface area contributed by atoms with E-state index in [-0.39, 0.29) is 0 Å². The molecule has 0 saturated heterocycles. The Labute approximate surface area is 100 Å². The van der Waals surface area contributed by atoms with E-state index in [9.17, 15) is 0 Å². The van der Waals surface area contributed by atoms with Crippen LogP contribution in [0.4, 0.5) is 0 Å². The summed E-state index contributed by atoms with van der Waals surface area (Å²) >= 11 is 0. The van der Waals surface area contributed by atoms with E-state index in [1.54, 1.807) is 0 Å². The Kier molecular flexibility index (Phi) is 4.26. The normalized spacial score (nSPS) is 23.4. The van der Waals surface area contributed by atoms with E-state index in [1.807, 2.05) is 0 Å². The predicted octanol–water partition coefficient (Wildman–Crippen LogP) is 2.97. The standard InChI is InChI=1S/C14H27NO/c1-12(2)10-16-9-8-14(6-3-7-14)11-15-13-4-5-13/h12-13,15H,3-11H2,1-2H3. The first-order chi connectivity index (χ1) is 7.70. The van der Waals surface area contributed by atoms with Gasteiger partial charge in [-0.05, 0) is 43.4 Å². The molecule has 0 atom stereocenters. The molecule has 0 spiro atoms. The summed E-state index contributed by atoms with van der Waals surface area (Å²) < 4.78 is 5.72. The molecule has 2 rings (SSSR count). The second-order valence-electron chi connectivity index (χ2n) is 6.23. The smallest absolute Gasteiger partial charge is 0.0488 e. The second kappa shape index (κ2) is 5.50. The zero-order chi connectivity index (χ0) is 11.4. The molecule has 0 aromatic carbocycles. The molecule has 2 nitrogen and oxygen atoms in total. The summed E-state index contributed by atoms with van der Waals surface area (Å²) in [6.45, 7) is 7.56. The molecule has 0 bridgehead atoms. The Bertz CT molecular complexity index is 207. The molecule has 0 radical (unpaired) electrons. The minimum absolute atomic E-state index is 0.597. The molecule has 1 N–H and O–H groups in total. The van der Waals surface area contributed by atoms with Crippen LogP contribution in [-0.4, -0.2) is 25.8 Å². The Morgan fingerprint density at radius 2 is 2.06 bits per heavy atom. The zero-order valence-electron chi connectivity index (χ0n) is 10.9. The first-order valence-corrected chi connectivity index (χ1v) is 7.01. The fourth-order valence-corrected chi connectivity index (χ4v) is 2.45. The summed E-state index contributed by atoms with van der Waals surface area (Å²) in [6.07, 6.45) is 8.32. The van der Waals surface area contributed by atoms with E-state index in [4.69, 9.17) is 4.74 Å². The number of hydrogen-bond donors (Lipinski definition) is 1. The largest absolute Gasteiger partial charge is 0.381 e. The van der Waals surface area contributed by atoms with E-state index in [2.05, 4.69) is 19.2 Å². The monoisotopic (exact) mass is 225 g/mol. The van der Waals surface area contributed by atoms with Gasteiger partial charge in [-0.25, -0.2) is 0 Å². The molecule has 0 aliphatic heterocycles. The maximum Gasteiger partial charge on any atom is 0.0488 e. The molecule has 0 aromatic rings. The van der Waals surface area contributed by atoms with Gasteiger partial charge in [0.05, 0.1) is 0 Å². The fraction of sp³-hybridized carbons (Fsp3) is 1.00. The lowest BCUT2D eigenvalue weighted by Gasteiger charge is -2.42. The lowest BCUT2D eigenvalue weighted by molar-refractivity contribution is 0.0401. The molecule has 2 fully saturated rings. The molecule has 0 heterocycles. The quantitative estimate of drug-likeness (QED) is 0.641. The third-order valence-corrected chi connectivity index (χ3v) is 3.99. The van der Waals surface area contributed by atoms with E-state index >= 15 is 0 Å². The summed E-state index contributed by atoms with van der Waals surface area (Å²) in [4.78, 5) is 0. The summed E-state index contributed by atoms with van der Waals surface area (Å²) in [5.41, 5.74) is 0.597. The molecular weight excluding hydrogens is 198 g/mol. The van der Waals surface area contributed by atoms with Gasteiger partial charge in [-0.2, -0.15) is 0 Å². The zero-order valence-corrected chi connectivity index (χ0v) is 10.9. The summed E-state index contributed by atoms with van der Waals surface area (Å²) in [5.74, 6) is 0.668. The van der Waals surface area contributed by atoms with Crippen LogP contribution < -0.4 is 5.32 Å². The van der Waals surface area contributed by atoms with Crippen LogP contribution >= 0.6 is 0 Å². The van der Waals surface area contributed by atoms with Crippen LogP contribution in [0.25, 0.3) is 0 Å². The van der Waals surface area contributed by atoms with Crippen molar-refractivity contribution in [1.82, 2.24) is 5.32 Å². The van der Waals surface area contributed by atoms with Gasteiger partial charge in [0.2, 0.25) is 0 Å². The van der Waals surface area contributed by atoms with Gasteiger partial charge in [0.1, 0.15) is 0 Å². The average molecular weight is 225 g/mol. The van der Waals surface area contributed by atoms with E-state index in [0.29, 0.717) is 11.3 Å². The van der Waals surface area contributed by atoms with Crippen LogP contribution in [0, 0.1) is 11.3 Å². The summed E-state index contributed by atoms with van der Waals surface area (Å²) in [6, 6.07) is 0.856. The topological polar surface area (TPSA) is 21.3 Å². The Morgan fingerprint density at radius 3 is 2.56 bits per heavy atom. The van der Waals surface area contributed by atoms with Gasteiger partial charge in [-0.15, -0.1) is 0 Å². The molecule has 2 aliphatic carbocycles. The molecule has 2 saturated carbocycles. The number of rotatable bonds is 8. The van der Waals surface area contributed by atoms with Crippen molar-refractivity contribution in [2.24, 2.45) is 11.3 Å². The van der Waals surface area contributed by atoms with Crippen LogP contribution in [0.3, 0.4) is 0 Å². The van der Waals surface area contributed by atoms with Crippen LogP contribution in [0.2, 0.25) is 0 Å². The highest BCUT2D eigenvalue weighted by molar-refractivity contribution is 4.92. The van der Waals surface area contributed by atoms with Gasteiger partial charge in [0.25, 0.3) is 0 Å². The SMILES string of the molecule is CC(C)COCCC1(CNC2CC2)CCC1. The second-order valence-corrected chi connectivity index (χ2v) is 6.23. The average Bonchev–Trinajstić information content (AvgIpc) is 2.97. The van der Waals surface area contributed by atoms with Crippen LogP contribution in [0.1, 0.15) is 52.4 Å². The number of ether oxygens (including phenoxy) is 1. The highest BCUT2D eigenvalue weighted by Gasteiger charge is 2.37. The Morgan fingerprint density at radius 1 is 1.31 bits per heavy atom. The van der Waals surface area contributed by atoms with E-state index in [0.717, 1.165) is 19.3 Å². The fourth-order valence-electron chi connectivity index (χ4n) is 2.45. The molecule has 2 heteroatoms. The first-order valence-electron chi connectivity index (χ1n) is 7.01. The molecule has 94 valence electrons. The Hall–Kier alpha value is -0.0800. The summed E-state index contributed by atoms with van der Waals surface area (Å²) in [5, 5.41) is 3.69. The lowest BCUT2D eigenvalue weighted by Crippen LogP contribution is -2.41. The molecule has 16 heavy (non-hydrogen) atoms. The third kappa shape index (κ3) is 3.74. The van der Waals surface area contributed by atoms with Crippen LogP contribution in [0.5, 0.6) is 0 Å². The first kappa shape index (κ1) is 12.4. The molecule has 0 aromatic heterocycles. The van der Waals surface area contributed by atoms with Crippen molar-refractivity contribution in [2.75, 3.05) is 19.8 Å². The van der Waals surface area contributed by atoms with Crippen molar-refractivity contribution in [2.45, 2.75) is 58.4 Å². The maximum absolute atomic E-state index is 5.72. The maximum atomic E-state index is 5.72. The molecule has 0 unspecified atom stereocenters. The number of nitrogens with one attached hydrogen (secondary N) is 1. The van der Waals surface area contributed by atoms with Gasteiger partial charge in [-0.3, -0.25) is 0 Å². The third-order valence-electron chi connectivity index (χ3n) is 3.99. The van der Waals surface area contributed by atoms with Gasteiger partial charge < -0.3 is 10.1 Å². The van der Waals surface area contributed by atoms with Crippen molar-refractivity contribution in [3.63, 3.8) is 0 Å². The molecule has 0 amide bonds. The lowest BCUT2D eigenvalue weighted by atomic mass is 9.66. The predicted molar refractivity (Wildman–Crippen MR) is 67.6 cm³/mol. The minimum atomic E-state index is 0.597. The van der Waals surface area contributed by atoms with E-state index in [1.165, 1.54) is 45.1 Å². The van der Waals surface area contributed by atoms with Crippen LogP contribution in [0.15, 0.2) is 0 Å². The van der Waals surface area contributed by atoms with Crippen LogP contribution in [-0.2, 0) is 4.74 Å². The van der Waals surface area contributed by atoms with Gasteiger partial charge in [0, 0.05) is 25.8 Å². The minimum Gasteiger partial charge on any atom is -0.381 e. The van der Waals surface area contributed by atoms with Crippen molar-refractivity contribution < 1.29 is 4.74 Å². The number of hydrogen-bond acceptors (Lipinski definition) is 2. The van der Waals surface area contributed by atoms with Crippen molar-refractivity contribution in [3.05, 3.63) is 0 Å². The van der Waals surface area contributed by atoms with Gasteiger partial charge in [-0.1, -0.05) is 20.3 Å². The Balaban J connectivity index is 1.59. The van der Waals surface area contributed by atoms with Gasteiger partial charge in [0.15, 0.2) is 0 Å². The molecule has 2 aliphatic rings. The molecular formula is C14H27NO. The van der Waals surface area contributed by atoms with Crippen molar-refractivity contribution >= 4 is 0 Å². The van der Waals surface area contributed by atoms with Crippen molar-refractivity contribution in [3.8, 4) is 0 Å². The highest BCUT2D eigenvalue weighted by atomic mass is 16.5. The van der Waals surface area contributed by atoms with E-state index < -0.39 is 0 Å².